The molecule has 0 spiro atoms. The Morgan fingerprint density at radius 3 is 2.37 bits per heavy atom. The van der Waals surface area contributed by atoms with Gasteiger partial charge < -0.3 is 9.47 Å². The van der Waals surface area contributed by atoms with Crippen molar-refractivity contribution >= 4 is 27.6 Å². The number of carbonyl (C=O) groups is 1. The van der Waals surface area contributed by atoms with E-state index >= 15 is 0 Å². The summed E-state index contributed by atoms with van der Waals surface area (Å²) in [6.07, 6.45) is 0. The van der Waals surface area contributed by atoms with Gasteiger partial charge in [-0.2, -0.15) is 0 Å². The number of hydrogen-bond donors (Lipinski definition) is 0. The summed E-state index contributed by atoms with van der Waals surface area (Å²) >= 11 is 0. The van der Waals surface area contributed by atoms with Gasteiger partial charge in [0.2, 0.25) is 0 Å². The summed E-state index contributed by atoms with van der Waals surface area (Å²) in [6.45, 7) is 3.98. The third-order valence-corrected chi connectivity index (χ3v) is 5.13. The zero-order valence-electron chi connectivity index (χ0n) is 17.1. The van der Waals surface area contributed by atoms with Crippen molar-refractivity contribution in [2.24, 2.45) is 0 Å². The van der Waals surface area contributed by atoms with Crippen LogP contribution in [-0.2, 0) is 9.47 Å². The maximum Gasteiger partial charge on any atom is 0.340 e. The third kappa shape index (κ3) is 3.25. The van der Waals surface area contributed by atoms with E-state index in [4.69, 9.17) is 9.47 Å². The highest BCUT2D eigenvalue weighted by atomic mass is 16.6. The molecule has 0 atom stereocenters. The van der Waals surface area contributed by atoms with Crippen LogP contribution in [0.1, 0.15) is 21.7 Å². The van der Waals surface area contributed by atoms with Crippen molar-refractivity contribution in [3.63, 3.8) is 0 Å². The van der Waals surface area contributed by atoms with Gasteiger partial charge in [0.15, 0.2) is 0 Å². The van der Waals surface area contributed by atoms with E-state index < -0.39 is 5.97 Å². The molecule has 0 aliphatic heterocycles. The maximum absolute atomic E-state index is 13.7. The fourth-order valence-corrected chi connectivity index (χ4v) is 3.86. The van der Waals surface area contributed by atoms with Gasteiger partial charge in [0.1, 0.15) is 6.61 Å². The van der Waals surface area contributed by atoms with Gasteiger partial charge in [-0.15, -0.1) is 0 Å². The Bertz CT molecular complexity index is 1310. The van der Waals surface area contributed by atoms with Crippen LogP contribution in [-0.4, -0.2) is 35.8 Å². The van der Waals surface area contributed by atoms with Gasteiger partial charge in [-0.25, -0.2) is 4.79 Å². The molecular weight excluding hydrogens is 380 g/mol. The number of rotatable bonds is 5. The van der Waals surface area contributed by atoms with Crippen molar-refractivity contribution < 1.29 is 14.3 Å². The van der Waals surface area contributed by atoms with E-state index in [0.29, 0.717) is 34.3 Å². The molecule has 4 rings (SSSR count). The van der Waals surface area contributed by atoms with Crippen LogP contribution in [0, 0.1) is 13.8 Å². The maximum atomic E-state index is 13.7. The van der Waals surface area contributed by atoms with Crippen molar-refractivity contribution in [2.45, 2.75) is 13.8 Å². The number of aryl methyl sites for hydroxylation is 2. The van der Waals surface area contributed by atoms with Crippen molar-refractivity contribution in [2.75, 3.05) is 20.3 Å². The van der Waals surface area contributed by atoms with Crippen LogP contribution < -0.4 is 5.56 Å². The number of nitrogens with zero attached hydrogens (tertiary/aromatic N) is 2. The number of esters is 1. The second-order valence-electron chi connectivity index (χ2n) is 7.03. The molecule has 2 heterocycles. The third-order valence-electron chi connectivity index (χ3n) is 5.13. The van der Waals surface area contributed by atoms with E-state index in [0.717, 1.165) is 16.6 Å². The van der Waals surface area contributed by atoms with Crippen LogP contribution in [0.5, 0.6) is 0 Å². The van der Waals surface area contributed by atoms with Crippen LogP contribution in [0.3, 0.4) is 0 Å². The smallest absolute Gasteiger partial charge is 0.340 e. The topological polar surface area (TPSA) is 70.4 Å². The number of pyridine rings is 2. The standard InChI is InChI=1S/C24H22N2O4/c1-15-20-22(21(16(2)25-15)24(28)30-14-13-29-3)18-11-7-8-12-19(18)26(23(20)27)17-9-5-4-6-10-17/h4-12H,13-14H2,1-3H3. The van der Waals surface area contributed by atoms with Gasteiger partial charge in [-0.1, -0.05) is 36.4 Å². The highest BCUT2D eigenvalue weighted by Gasteiger charge is 2.23. The molecule has 4 aromatic rings. The Morgan fingerprint density at radius 2 is 1.63 bits per heavy atom. The summed E-state index contributed by atoms with van der Waals surface area (Å²) in [5.74, 6) is -0.510. The number of fused-ring (bicyclic) bond motifs is 3. The Kier molecular flexibility index (Phi) is 5.33. The molecule has 0 unspecified atom stereocenters. The van der Waals surface area contributed by atoms with E-state index in [9.17, 15) is 9.59 Å². The second-order valence-corrected chi connectivity index (χ2v) is 7.03. The fraction of sp³-hybridized carbons (Fsp3) is 0.208. The molecule has 0 aliphatic rings. The molecule has 0 N–H and O–H groups in total. The van der Waals surface area contributed by atoms with Gasteiger partial charge in [0.25, 0.3) is 5.56 Å². The van der Waals surface area contributed by atoms with Crippen molar-refractivity contribution in [3.05, 3.63) is 81.9 Å². The highest BCUT2D eigenvalue weighted by molar-refractivity contribution is 6.16. The first-order chi connectivity index (χ1) is 14.5. The molecule has 0 amide bonds. The lowest BCUT2D eigenvalue weighted by Crippen LogP contribution is -2.22. The van der Waals surface area contributed by atoms with E-state index in [-0.39, 0.29) is 12.2 Å². The summed E-state index contributed by atoms with van der Waals surface area (Å²) in [5, 5.41) is 1.79. The molecule has 0 saturated carbocycles. The van der Waals surface area contributed by atoms with Crippen LogP contribution in [0.15, 0.2) is 59.4 Å². The van der Waals surface area contributed by atoms with Gasteiger partial charge in [0, 0.05) is 23.6 Å². The summed E-state index contributed by atoms with van der Waals surface area (Å²) in [5.41, 5.74) is 2.69. The molecule has 0 aliphatic carbocycles. The molecule has 6 nitrogen and oxygen atoms in total. The summed E-state index contributed by atoms with van der Waals surface area (Å²) < 4.78 is 12.0. The molecular formula is C24H22N2O4. The second kappa shape index (κ2) is 8.08. The minimum absolute atomic E-state index is 0.128. The first-order valence-corrected chi connectivity index (χ1v) is 9.70. The average Bonchev–Trinajstić information content (AvgIpc) is 2.74. The Morgan fingerprint density at radius 1 is 0.933 bits per heavy atom. The Balaban J connectivity index is 2.13. The lowest BCUT2D eigenvalue weighted by Gasteiger charge is -2.17. The van der Waals surface area contributed by atoms with E-state index in [2.05, 4.69) is 4.98 Å². The fourth-order valence-electron chi connectivity index (χ4n) is 3.86. The monoisotopic (exact) mass is 402 g/mol. The van der Waals surface area contributed by atoms with Crippen LogP contribution in [0.25, 0.3) is 27.4 Å². The lowest BCUT2D eigenvalue weighted by molar-refractivity contribution is 0.0389. The largest absolute Gasteiger partial charge is 0.460 e. The van der Waals surface area contributed by atoms with Crippen LogP contribution >= 0.6 is 0 Å². The summed E-state index contributed by atoms with van der Waals surface area (Å²) in [6, 6.07) is 17.0. The van der Waals surface area contributed by atoms with Crippen molar-refractivity contribution in [1.29, 1.82) is 0 Å². The van der Waals surface area contributed by atoms with E-state index in [1.165, 1.54) is 0 Å². The van der Waals surface area contributed by atoms with Gasteiger partial charge >= 0.3 is 5.97 Å². The number of hydrogen-bond acceptors (Lipinski definition) is 5. The molecule has 6 heteroatoms. The molecule has 152 valence electrons. The van der Waals surface area contributed by atoms with E-state index in [1.807, 2.05) is 54.6 Å². The number of aromatic nitrogens is 2. The first kappa shape index (κ1) is 19.8. The quantitative estimate of drug-likeness (QED) is 0.287. The predicted molar refractivity (Wildman–Crippen MR) is 116 cm³/mol. The van der Waals surface area contributed by atoms with Gasteiger partial charge in [-0.3, -0.25) is 14.3 Å². The molecule has 0 fully saturated rings. The predicted octanol–water partition coefficient (Wildman–Crippen LogP) is 3.96. The Hall–Kier alpha value is -3.51. The van der Waals surface area contributed by atoms with Crippen molar-refractivity contribution in [1.82, 2.24) is 9.55 Å². The highest BCUT2D eigenvalue weighted by Crippen LogP contribution is 2.30. The van der Waals surface area contributed by atoms with Gasteiger partial charge in [-0.05, 0) is 32.0 Å². The SMILES string of the molecule is COCCOC(=O)c1c(C)nc(C)c2c(=O)n(-c3ccccc3)c3ccccc3c12. The van der Waals surface area contributed by atoms with Crippen molar-refractivity contribution in [3.8, 4) is 5.69 Å². The molecule has 2 aromatic heterocycles. The van der Waals surface area contributed by atoms with E-state index in [1.54, 1.807) is 25.5 Å². The molecule has 0 bridgehead atoms. The minimum Gasteiger partial charge on any atom is -0.460 e. The summed E-state index contributed by atoms with van der Waals surface area (Å²) in [4.78, 5) is 31.1. The lowest BCUT2D eigenvalue weighted by atomic mass is 9.98. The van der Waals surface area contributed by atoms with Crippen LogP contribution in [0.2, 0.25) is 0 Å². The molecule has 30 heavy (non-hydrogen) atoms. The zero-order chi connectivity index (χ0) is 21.3. The van der Waals surface area contributed by atoms with Crippen LogP contribution in [0.4, 0.5) is 0 Å². The first-order valence-electron chi connectivity index (χ1n) is 9.70. The average molecular weight is 402 g/mol. The van der Waals surface area contributed by atoms with Gasteiger partial charge in [0.05, 0.1) is 34.5 Å². The number of methoxy groups -OCH3 is 1. The Labute approximate surface area is 173 Å². The number of ether oxygens (including phenoxy) is 2. The number of carbonyl (C=O) groups excluding carboxylic acids is 1. The number of benzene rings is 2. The minimum atomic E-state index is -0.510. The summed E-state index contributed by atoms with van der Waals surface area (Å²) in [7, 11) is 1.54. The molecule has 2 aromatic carbocycles. The zero-order valence-corrected chi connectivity index (χ0v) is 17.1. The molecule has 0 saturated heterocycles. The number of para-hydroxylation sites is 2. The molecule has 0 radical (unpaired) electrons. The normalized spacial score (nSPS) is 11.2.